The molecule has 0 atom stereocenters. The zero-order chi connectivity index (χ0) is 20.1. The van der Waals surface area contributed by atoms with Crippen LogP contribution in [0.2, 0.25) is 0 Å². The Morgan fingerprint density at radius 3 is 2.45 bits per heavy atom. The number of hydrogen-bond acceptors (Lipinski definition) is 6. The Morgan fingerprint density at radius 1 is 1.03 bits per heavy atom. The number of piperazine rings is 1. The van der Waals surface area contributed by atoms with Gasteiger partial charge in [-0.05, 0) is 37.1 Å². The van der Waals surface area contributed by atoms with E-state index in [1.54, 1.807) is 23.5 Å². The van der Waals surface area contributed by atoms with E-state index in [9.17, 15) is 9.18 Å². The van der Waals surface area contributed by atoms with E-state index >= 15 is 0 Å². The van der Waals surface area contributed by atoms with Crippen LogP contribution in [0, 0.1) is 5.82 Å². The highest BCUT2D eigenvalue weighted by atomic mass is 32.1. The van der Waals surface area contributed by atoms with E-state index in [2.05, 4.69) is 20.2 Å². The molecule has 0 N–H and O–H groups in total. The van der Waals surface area contributed by atoms with E-state index < -0.39 is 0 Å². The van der Waals surface area contributed by atoms with Gasteiger partial charge in [0.1, 0.15) is 23.2 Å². The van der Waals surface area contributed by atoms with Crippen LogP contribution >= 0.6 is 11.3 Å². The topological polar surface area (TPSA) is 48.9 Å². The van der Waals surface area contributed by atoms with Crippen molar-refractivity contribution >= 4 is 17.2 Å². The number of aromatic nitrogens is 1. The zero-order valence-corrected chi connectivity index (χ0v) is 17.4. The number of likely N-dealkylation sites (tertiary alicyclic amines) is 1. The predicted octanol–water partition coefficient (Wildman–Crippen LogP) is 2.60. The lowest BCUT2D eigenvalue weighted by Crippen LogP contribution is -2.49. The lowest BCUT2D eigenvalue weighted by atomic mass is 10.3. The number of halogens is 1. The van der Waals surface area contributed by atoms with Gasteiger partial charge in [0.25, 0.3) is 0 Å². The third-order valence-electron chi connectivity index (χ3n) is 5.44. The smallest absolute Gasteiger partial charge is 0.236 e. The van der Waals surface area contributed by atoms with Crippen molar-refractivity contribution in [3.8, 4) is 5.75 Å². The molecule has 2 aliphatic rings. The summed E-state index contributed by atoms with van der Waals surface area (Å²) in [6, 6.07) is 6.03. The number of ether oxygens (including phenoxy) is 1. The Morgan fingerprint density at radius 2 is 1.72 bits per heavy atom. The quantitative estimate of drug-likeness (QED) is 0.692. The standard InChI is InChI=1S/C21H27FN4O2S/c22-17-3-5-19(6-4-17)28-15-20-23-18(16-29-20)13-24-9-11-25(12-10-24)14-21(27)26-7-1-2-8-26/h3-6,16H,1-2,7-15H2. The highest BCUT2D eigenvalue weighted by molar-refractivity contribution is 7.09. The Labute approximate surface area is 174 Å². The lowest BCUT2D eigenvalue weighted by molar-refractivity contribution is -0.131. The number of amides is 1. The third kappa shape index (κ3) is 5.74. The van der Waals surface area contributed by atoms with E-state index in [1.165, 1.54) is 12.1 Å². The van der Waals surface area contributed by atoms with Crippen LogP contribution in [0.1, 0.15) is 23.5 Å². The van der Waals surface area contributed by atoms with Crippen molar-refractivity contribution in [2.24, 2.45) is 0 Å². The van der Waals surface area contributed by atoms with Crippen LogP contribution in [0.15, 0.2) is 29.6 Å². The van der Waals surface area contributed by atoms with Gasteiger partial charge in [-0.25, -0.2) is 9.37 Å². The van der Waals surface area contributed by atoms with Crippen molar-refractivity contribution in [3.05, 3.63) is 46.2 Å². The number of rotatable bonds is 7. The van der Waals surface area contributed by atoms with E-state index in [-0.39, 0.29) is 11.7 Å². The maximum atomic E-state index is 12.9. The Kier molecular flexibility index (Phi) is 6.74. The fraction of sp³-hybridized carbons (Fsp3) is 0.524. The van der Waals surface area contributed by atoms with Gasteiger partial charge in [-0.1, -0.05) is 0 Å². The number of hydrogen-bond donors (Lipinski definition) is 0. The SMILES string of the molecule is O=C(CN1CCN(Cc2csc(COc3ccc(F)cc3)n2)CC1)N1CCCC1. The number of carbonyl (C=O) groups excluding carboxylic acids is 1. The molecular formula is C21H27FN4O2S. The first kappa shape index (κ1) is 20.3. The molecule has 29 heavy (non-hydrogen) atoms. The maximum Gasteiger partial charge on any atom is 0.236 e. The van der Waals surface area contributed by atoms with E-state index in [4.69, 9.17) is 4.74 Å². The summed E-state index contributed by atoms with van der Waals surface area (Å²) in [7, 11) is 0. The van der Waals surface area contributed by atoms with Crippen LogP contribution in [0.25, 0.3) is 0 Å². The van der Waals surface area contributed by atoms with Crippen molar-refractivity contribution in [3.63, 3.8) is 0 Å². The van der Waals surface area contributed by atoms with Crippen LogP contribution in [0.4, 0.5) is 4.39 Å². The summed E-state index contributed by atoms with van der Waals surface area (Å²) in [5.74, 6) is 0.651. The highest BCUT2D eigenvalue weighted by Gasteiger charge is 2.23. The molecule has 0 aliphatic carbocycles. The molecular weight excluding hydrogens is 391 g/mol. The second kappa shape index (κ2) is 9.65. The average Bonchev–Trinajstić information content (AvgIpc) is 3.41. The summed E-state index contributed by atoms with van der Waals surface area (Å²) in [6.45, 7) is 7.36. The molecule has 0 unspecified atom stereocenters. The minimum Gasteiger partial charge on any atom is -0.486 e. The van der Waals surface area contributed by atoms with Crippen LogP contribution in [-0.4, -0.2) is 71.4 Å². The van der Waals surface area contributed by atoms with Crippen molar-refractivity contribution in [1.82, 2.24) is 19.7 Å². The summed E-state index contributed by atoms with van der Waals surface area (Å²) < 4.78 is 18.6. The minimum atomic E-state index is -0.269. The zero-order valence-electron chi connectivity index (χ0n) is 16.6. The van der Waals surface area contributed by atoms with Gasteiger partial charge in [0.05, 0.1) is 12.2 Å². The first-order valence-electron chi connectivity index (χ1n) is 10.2. The summed E-state index contributed by atoms with van der Waals surface area (Å²) in [6.07, 6.45) is 2.29. The van der Waals surface area contributed by atoms with E-state index in [0.717, 1.165) is 69.4 Å². The number of carbonyl (C=O) groups is 1. The molecule has 8 heteroatoms. The fourth-order valence-electron chi connectivity index (χ4n) is 3.76. The molecule has 0 saturated carbocycles. The maximum absolute atomic E-state index is 12.9. The molecule has 0 spiro atoms. The lowest BCUT2D eigenvalue weighted by Gasteiger charge is -2.34. The normalized spacial score (nSPS) is 18.3. The number of benzene rings is 1. The summed E-state index contributed by atoms with van der Waals surface area (Å²) >= 11 is 1.59. The molecule has 0 bridgehead atoms. The molecule has 1 aromatic heterocycles. The molecule has 156 valence electrons. The Bertz CT molecular complexity index is 799. The monoisotopic (exact) mass is 418 g/mol. The largest absolute Gasteiger partial charge is 0.486 e. The molecule has 4 rings (SSSR count). The minimum absolute atomic E-state index is 0.269. The van der Waals surface area contributed by atoms with Crippen LogP contribution in [0.3, 0.4) is 0 Å². The van der Waals surface area contributed by atoms with Crippen LogP contribution in [-0.2, 0) is 17.9 Å². The Hall–Kier alpha value is -2.03. The summed E-state index contributed by atoms with van der Waals surface area (Å²) in [4.78, 5) is 23.6. The van der Waals surface area contributed by atoms with Crippen LogP contribution in [0.5, 0.6) is 5.75 Å². The molecule has 2 aliphatic heterocycles. The molecule has 6 nitrogen and oxygen atoms in total. The van der Waals surface area contributed by atoms with Crippen molar-refractivity contribution in [1.29, 1.82) is 0 Å². The van der Waals surface area contributed by atoms with Crippen molar-refractivity contribution < 1.29 is 13.9 Å². The summed E-state index contributed by atoms with van der Waals surface area (Å²) in [5, 5.41) is 2.99. The molecule has 2 saturated heterocycles. The predicted molar refractivity (Wildman–Crippen MR) is 110 cm³/mol. The fourth-order valence-corrected chi connectivity index (χ4v) is 4.45. The molecule has 2 fully saturated rings. The van der Waals surface area contributed by atoms with Gasteiger partial charge in [0, 0.05) is 51.2 Å². The van der Waals surface area contributed by atoms with Gasteiger partial charge >= 0.3 is 0 Å². The molecule has 1 amide bonds. The molecule has 2 aromatic rings. The van der Waals surface area contributed by atoms with Gasteiger partial charge in [0.15, 0.2) is 0 Å². The molecule has 3 heterocycles. The molecule has 0 radical (unpaired) electrons. The summed E-state index contributed by atoms with van der Waals surface area (Å²) in [5.41, 5.74) is 1.05. The van der Waals surface area contributed by atoms with Gasteiger partial charge in [0.2, 0.25) is 5.91 Å². The van der Waals surface area contributed by atoms with Gasteiger partial charge in [-0.15, -0.1) is 11.3 Å². The second-order valence-electron chi connectivity index (χ2n) is 7.62. The first-order valence-corrected chi connectivity index (χ1v) is 11.1. The first-order chi connectivity index (χ1) is 14.2. The van der Waals surface area contributed by atoms with Gasteiger partial charge in [-0.2, -0.15) is 0 Å². The number of thiazole rings is 1. The van der Waals surface area contributed by atoms with Gasteiger partial charge in [-0.3, -0.25) is 14.6 Å². The van der Waals surface area contributed by atoms with E-state index in [0.29, 0.717) is 18.9 Å². The van der Waals surface area contributed by atoms with Crippen molar-refractivity contribution in [2.45, 2.75) is 26.0 Å². The second-order valence-corrected chi connectivity index (χ2v) is 8.56. The van der Waals surface area contributed by atoms with Crippen LogP contribution < -0.4 is 4.74 Å². The third-order valence-corrected chi connectivity index (χ3v) is 6.31. The highest BCUT2D eigenvalue weighted by Crippen LogP contribution is 2.17. The van der Waals surface area contributed by atoms with E-state index in [1.807, 2.05) is 4.90 Å². The Balaban J connectivity index is 1.18. The molecule has 1 aromatic carbocycles. The number of nitrogens with zero attached hydrogens (tertiary/aromatic N) is 4. The van der Waals surface area contributed by atoms with Crippen molar-refractivity contribution in [2.75, 3.05) is 45.8 Å². The van der Waals surface area contributed by atoms with Gasteiger partial charge < -0.3 is 9.64 Å². The average molecular weight is 419 g/mol.